The number of nitrogens with two attached hydrogens (primary N) is 1. The summed E-state index contributed by atoms with van der Waals surface area (Å²) >= 11 is 0. The molecule has 78 valence electrons. The molecule has 0 bridgehead atoms. The van der Waals surface area contributed by atoms with E-state index in [9.17, 15) is 0 Å². The number of rotatable bonds is 2. The van der Waals surface area contributed by atoms with Gasteiger partial charge in [0.15, 0.2) is 5.70 Å². The minimum Gasteiger partial charge on any atom is -0.388 e. The Bertz CT molecular complexity index is 512. The largest absolute Gasteiger partial charge is 0.388 e. The van der Waals surface area contributed by atoms with E-state index in [0.717, 1.165) is 5.56 Å². The summed E-state index contributed by atoms with van der Waals surface area (Å²) in [7, 11) is 0. The van der Waals surface area contributed by atoms with E-state index >= 15 is 0 Å². The molecular formula is C12H10N4. The van der Waals surface area contributed by atoms with E-state index in [-0.39, 0.29) is 11.4 Å². The molecule has 0 spiro atoms. The van der Waals surface area contributed by atoms with Crippen molar-refractivity contribution in [3.63, 3.8) is 0 Å². The van der Waals surface area contributed by atoms with Gasteiger partial charge in [-0.25, -0.2) is 4.99 Å². The Morgan fingerprint density at radius 1 is 1.19 bits per heavy atom. The monoisotopic (exact) mass is 210 g/mol. The second kappa shape index (κ2) is 5.33. The molecule has 0 aliphatic carbocycles. The van der Waals surface area contributed by atoms with E-state index in [1.807, 2.05) is 30.3 Å². The molecule has 0 saturated heterocycles. The number of allylic oxidation sites excluding steroid dienone is 2. The van der Waals surface area contributed by atoms with Gasteiger partial charge in [-0.3, -0.25) is 0 Å². The molecule has 2 N–H and O–H groups in total. The van der Waals surface area contributed by atoms with Gasteiger partial charge in [0.05, 0.1) is 0 Å². The molecule has 0 heterocycles. The Kier molecular flexibility index (Phi) is 3.83. The Morgan fingerprint density at radius 2 is 1.81 bits per heavy atom. The first-order chi connectivity index (χ1) is 7.69. The quantitative estimate of drug-likeness (QED) is 0.595. The zero-order valence-corrected chi connectivity index (χ0v) is 8.81. The van der Waals surface area contributed by atoms with Crippen molar-refractivity contribution in [2.75, 3.05) is 0 Å². The number of hydrogen-bond acceptors (Lipinski definition) is 4. The van der Waals surface area contributed by atoms with E-state index in [2.05, 4.69) is 4.99 Å². The molecule has 0 aliphatic rings. The fourth-order valence-corrected chi connectivity index (χ4v) is 1.11. The zero-order chi connectivity index (χ0) is 12.0. The third-order valence-corrected chi connectivity index (χ3v) is 1.95. The maximum Gasteiger partial charge on any atom is 0.174 e. The van der Waals surface area contributed by atoms with Crippen LogP contribution in [0.1, 0.15) is 12.5 Å². The lowest BCUT2D eigenvalue weighted by molar-refractivity contribution is 1.26. The maximum absolute atomic E-state index is 8.78. The minimum atomic E-state index is -0.169. The van der Waals surface area contributed by atoms with Crippen LogP contribution in [-0.4, -0.2) is 5.71 Å². The number of aliphatic imine (C=N–C) groups is 1. The van der Waals surface area contributed by atoms with Crippen LogP contribution in [0.4, 0.5) is 0 Å². The smallest absolute Gasteiger partial charge is 0.174 e. The Balaban J connectivity index is 3.13. The minimum absolute atomic E-state index is 0.0520. The third kappa shape index (κ3) is 2.70. The van der Waals surface area contributed by atoms with E-state index < -0.39 is 0 Å². The van der Waals surface area contributed by atoms with Crippen LogP contribution >= 0.6 is 0 Å². The molecule has 0 fully saturated rings. The predicted octanol–water partition coefficient (Wildman–Crippen LogP) is 1.71. The van der Waals surface area contributed by atoms with E-state index in [1.54, 1.807) is 19.1 Å². The van der Waals surface area contributed by atoms with Crippen molar-refractivity contribution >= 4 is 5.71 Å². The SMILES string of the molecule is CC(=NC(C#N)=C(N)C#N)c1ccccc1. The predicted molar refractivity (Wildman–Crippen MR) is 61.1 cm³/mol. The molecule has 0 aromatic heterocycles. The summed E-state index contributed by atoms with van der Waals surface area (Å²) in [6.45, 7) is 1.76. The van der Waals surface area contributed by atoms with Crippen LogP contribution in [0.5, 0.6) is 0 Å². The van der Waals surface area contributed by atoms with Gasteiger partial charge in [-0.05, 0) is 12.5 Å². The first kappa shape index (κ1) is 11.5. The van der Waals surface area contributed by atoms with Crippen molar-refractivity contribution in [2.24, 2.45) is 10.7 Å². The first-order valence-corrected chi connectivity index (χ1v) is 4.59. The molecule has 0 aliphatic heterocycles. The molecule has 0 amide bonds. The highest BCUT2D eigenvalue weighted by molar-refractivity contribution is 5.99. The Hall–Kier alpha value is -2.59. The van der Waals surface area contributed by atoms with Crippen molar-refractivity contribution < 1.29 is 0 Å². The molecule has 1 aromatic carbocycles. The summed E-state index contributed by atoms with van der Waals surface area (Å²) < 4.78 is 0. The van der Waals surface area contributed by atoms with Gasteiger partial charge in [-0.2, -0.15) is 10.5 Å². The first-order valence-electron chi connectivity index (χ1n) is 4.59. The summed E-state index contributed by atoms with van der Waals surface area (Å²) in [5.41, 5.74) is 6.66. The molecule has 1 aromatic rings. The second-order valence-electron chi connectivity index (χ2n) is 3.05. The number of nitriles is 2. The molecule has 16 heavy (non-hydrogen) atoms. The topological polar surface area (TPSA) is 86.0 Å². The molecular weight excluding hydrogens is 200 g/mol. The van der Waals surface area contributed by atoms with Gasteiger partial charge in [-0.1, -0.05) is 30.3 Å². The summed E-state index contributed by atoms with van der Waals surface area (Å²) in [6, 6.07) is 12.9. The molecule has 0 saturated carbocycles. The van der Waals surface area contributed by atoms with Crippen molar-refractivity contribution in [1.82, 2.24) is 0 Å². The average Bonchev–Trinajstić information content (AvgIpc) is 2.35. The highest BCUT2D eigenvalue weighted by Crippen LogP contribution is 2.06. The van der Waals surface area contributed by atoms with Gasteiger partial charge >= 0.3 is 0 Å². The van der Waals surface area contributed by atoms with Crippen LogP contribution in [0.15, 0.2) is 46.7 Å². The molecule has 4 heteroatoms. The highest BCUT2D eigenvalue weighted by atomic mass is 14.8. The zero-order valence-electron chi connectivity index (χ0n) is 8.81. The van der Waals surface area contributed by atoms with E-state index in [4.69, 9.17) is 16.3 Å². The number of benzene rings is 1. The van der Waals surface area contributed by atoms with Crippen LogP contribution in [0.3, 0.4) is 0 Å². The lowest BCUT2D eigenvalue weighted by atomic mass is 10.1. The van der Waals surface area contributed by atoms with Gasteiger partial charge in [0.25, 0.3) is 0 Å². The Labute approximate surface area is 94.0 Å². The van der Waals surface area contributed by atoms with Crippen molar-refractivity contribution in [3.05, 3.63) is 47.3 Å². The van der Waals surface area contributed by atoms with Gasteiger partial charge in [-0.15, -0.1) is 0 Å². The van der Waals surface area contributed by atoms with Crippen LogP contribution in [-0.2, 0) is 0 Å². The van der Waals surface area contributed by atoms with Crippen LogP contribution in [0, 0.1) is 22.7 Å². The van der Waals surface area contributed by atoms with Gasteiger partial charge in [0.1, 0.15) is 17.8 Å². The molecule has 0 atom stereocenters. The van der Waals surface area contributed by atoms with Crippen LogP contribution in [0.25, 0.3) is 0 Å². The molecule has 4 nitrogen and oxygen atoms in total. The molecule has 1 rings (SSSR count). The standard InChI is InChI=1S/C12H10N4/c1-9(10-5-3-2-4-6-10)16-12(8-14)11(15)7-13/h2-6H,15H2,1H3. The highest BCUT2D eigenvalue weighted by Gasteiger charge is 2.02. The van der Waals surface area contributed by atoms with E-state index in [0.29, 0.717) is 5.71 Å². The van der Waals surface area contributed by atoms with Crippen molar-refractivity contribution in [2.45, 2.75) is 6.92 Å². The fraction of sp³-hybridized carbons (Fsp3) is 0.0833. The van der Waals surface area contributed by atoms with Crippen LogP contribution in [0.2, 0.25) is 0 Å². The van der Waals surface area contributed by atoms with E-state index in [1.165, 1.54) is 0 Å². The summed E-state index contributed by atoms with van der Waals surface area (Å²) in [4.78, 5) is 4.02. The molecule has 0 radical (unpaired) electrons. The van der Waals surface area contributed by atoms with Crippen LogP contribution < -0.4 is 5.73 Å². The summed E-state index contributed by atoms with van der Waals surface area (Å²) in [6.07, 6.45) is 0. The number of nitrogens with zero attached hydrogens (tertiary/aromatic N) is 3. The maximum atomic E-state index is 8.78. The van der Waals surface area contributed by atoms with Gasteiger partial charge in [0.2, 0.25) is 0 Å². The average molecular weight is 210 g/mol. The lowest BCUT2D eigenvalue weighted by Gasteiger charge is -1.99. The van der Waals surface area contributed by atoms with Crippen molar-refractivity contribution in [3.8, 4) is 12.1 Å². The third-order valence-electron chi connectivity index (χ3n) is 1.95. The summed E-state index contributed by atoms with van der Waals surface area (Å²) in [5, 5.41) is 17.3. The van der Waals surface area contributed by atoms with Crippen molar-refractivity contribution in [1.29, 1.82) is 10.5 Å². The second-order valence-corrected chi connectivity index (χ2v) is 3.05. The van der Waals surface area contributed by atoms with Gasteiger partial charge < -0.3 is 5.73 Å². The fourth-order valence-electron chi connectivity index (χ4n) is 1.11. The lowest BCUT2D eigenvalue weighted by Crippen LogP contribution is -2.01. The number of hydrogen-bond donors (Lipinski definition) is 1. The normalized spacial score (nSPS) is 12.3. The molecule has 0 unspecified atom stereocenters. The summed E-state index contributed by atoms with van der Waals surface area (Å²) in [5.74, 6) is 0. The van der Waals surface area contributed by atoms with Gasteiger partial charge in [0, 0.05) is 5.71 Å². The Morgan fingerprint density at radius 3 is 2.31 bits per heavy atom.